The number of nitrogens with zero attached hydrogens (tertiary/aromatic N) is 2. The van der Waals surface area contributed by atoms with Crippen LogP contribution in [0.1, 0.15) is 36.3 Å². The van der Waals surface area contributed by atoms with Crippen molar-refractivity contribution in [2.45, 2.75) is 39.3 Å². The van der Waals surface area contributed by atoms with Crippen LogP contribution < -0.4 is 0 Å². The Bertz CT molecular complexity index is 1070. The molecule has 7 nitrogen and oxygen atoms in total. The third kappa shape index (κ3) is 4.55. The van der Waals surface area contributed by atoms with Crippen molar-refractivity contribution in [3.8, 4) is 0 Å². The molecule has 0 bridgehead atoms. The van der Waals surface area contributed by atoms with Crippen molar-refractivity contribution in [2.75, 3.05) is 18.1 Å². The first-order chi connectivity index (χ1) is 13.6. The van der Waals surface area contributed by atoms with Crippen LogP contribution >= 0.6 is 0 Å². The van der Waals surface area contributed by atoms with E-state index in [0.29, 0.717) is 29.6 Å². The summed E-state index contributed by atoms with van der Waals surface area (Å²) >= 11 is 0. The Balaban J connectivity index is 1.75. The van der Waals surface area contributed by atoms with E-state index in [1.54, 1.807) is 19.9 Å². The van der Waals surface area contributed by atoms with Gasteiger partial charge in [-0.25, -0.2) is 17.6 Å². The number of pyridine rings is 1. The number of carbonyl (C=O) groups is 2. The fourth-order valence-corrected chi connectivity index (χ4v) is 5.30. The van der Waals surface area contributed by atoms with E-state index < -0.39 is 39.7 Å². The van der Waals surface area contributed by atoms with Crippen LogP contribution in [0, 0.1) is 12.7 Å². The summed E-state index contributed by atoms with van der Waals surface area (Å²) in [6, 6.07) is 5.21. The molecule has 0 unspecified atom stereocenters. The number of rotatable bonds is 5. The number of aromatic nitrogens is 1. The molecule has 0 aliphatic carbocycles. The van der Waals surface area contributed by atoms with E-state index in [2.05, 4.69) is 4.98 Å². The van der Waals surface area contributed by atoms with Crippen molar-refractivity contribution < 1.29 is 27.1 Å². The highest BCUT2D eigenvalue weighted by Crippen LogP contribution is 2.21. The lowest BCUT2D eigenvalue weighted by molar-refractivity contribution is -0.141. The standard InChI is InChI=1S/C20H23FN2O5S/c1-4-23(16-7-8-29(26,27)11-16)19(24)13(3)28-20(25)17-9-14-5-6-15(21)10-18(14)22-12(17)2/h5-6,9-10,13,16H,4,7-8,11H2,1-3H3/t13-,16-/m0/s1. The van der Waals surface area contributed by atoms with E-state index in [9.17, 15) is 22.4 Å². The Morgan fingerprint density at radius 1 is 1.34 bits per heavy atom. The normalized spacial score (nSPS) is 19.1. The molecule has 156 valence electrons. The average Bonchev–Trinajstić information content (AvgIpc) is 3.00. The van der Waals surface area contributed by atoms with Crippen LogP contribution in [0.15, 0.2) is 24.3 Å². The lowest BCUT2D eigenvalue weighted by Gasteiger charge is -2.29. The number of ether oxygens (including phenoxy) is 1. The molecule has 1 aliphatic heterocycles. The second-order valence-electron chi connectivity index (χ2n) is 7.19. The van der Waals surface area contributed by atoms with Gasteiger partial charge in [0.1, 0.15) is 5.82 Å². The summed E-state index contributed by atoms with van der Waals surface area (Å²) in [7, 11) is -3.14. The lowest BCUT2D eigenvalue weighted by atomic mass is 10.1. The van der Waals surface area contributed by atoms with Gasteiger partial charge in [-0.3, -0.25) is 9.78 Å². The zero-order valence-corrected chi connectivity index (χ0v) is 17.3. The van der Waals surface area contributed by atoms with Crippen molar-refractivity contribution in [1.82, 2.24) is 9.88 Å². The van der Waals surface area contributed by atoms with Crippen molar-refractivity contribution in [2.24, 2.45) is 0 Å². The molecule has 1 aromatic carbocycles. The molecule has 1 amide bonds. The second kappa shape index (κ2) is 8.06. The van der Waals surface area contributed by atoms with Gasteiger partial charge in [-0.15, -0.1) is 0 Å². The van der Waals surface area contributed by atoms with Crippen molar-refractivity contribution in [3.05, 3.63) is 41.3 Å². The lowest BCUT2D eigenvalue weighted by Crippen LogP contribution is -2.46. The highest BCUT2D eigenvalue weighted by atomic mass is 32.2. The van der Waals surface area contributed by atoms with Crippen LogP contribution in [0.25, 0.3) is 10.9 Å². The predicted octanol–water partition coefficient (Wildman–Crippen LogP) is 2.26. The van der Waals surface area contributed by atoms with Crippen LogP contribution in [0.4, 0.5) is 4.39 Å². The number of benzene rings is 1. The van der Waals surface area contributed by atoms with Crippen molar-refractivity contribution in [3.63, 3.8) is 0 Å². The van der Waals surface area contributed by atoms with Crippen LogP contribution in [-0.2, 0) is 19.4 Å². The summed E-state index contributed by atoms with van der Waals surface area (Å²) in [5.74, 6) is -1.59. The minimum Gasteiger partial charge on any atom is -0.449 e. The van der Waals surface area contributed by atoms with Crippen LogP contribution in [0.2, 0.25) is 0 Å². The number of hydrogen-bond acceptors (Lipinski definition) is 6. The maximum absolute atomic E-state index is 13.4. The largest absolute Gasteiger partial charge is 0.449 e. The Kier molecular flexibility index (Phi) is 5.88. The van der Waals surface area contributed by atoms with Gasteiger partial charge in [-0.2, -0.15) is 0 Å². The van der Waals surface area contributed by atoms with Gasteiger partial charge < -0.3 is 9.64 Å². The molecular formula is C20H23FN2O5S. The molecule has 0 radical (unpaired) electrons. The zero-order valence-electron chi connectivity index (χ0n) is 16.5. The number of halogens is 1. The molecule has 0 spiro atoms. The van der Waals surface area contributed by atoms with E-state index in [0.717, 1.165) is 0 Å². The Morgan fingerprint density at radius 2 is 2.07 bits per heavy atom. The molecule has 2 aromatic rings. The van der Waals surface area contributed by atoms with Gasteiger partial charge in [0.2, 0.25) is 0 Å². The number of sulfone groups is 1. The summed E-state index contributed by atoms with van der Waals surface area (Å²) in [5.41, 5.74) is 0.972. The molecule has 1 aromatic heterocycles. The Morgan fingerprint density at radius 3 is 2.69 bits per heavy atom. The maximum atomic E-state index is 13.4. The highest BCUT2D eigenvalue weighted by Gasteiger charge is 2.36. The smallest absolute Gasteiger partial charge is 0.340 e. The molecule has 2 atom stereocenters. The van der Waals surface area contributed by atoms with Crippen molar-refractivity contribution in [1.29, 1.82) is 0 Å². The average molecular weight is 422 g/mol. The quantitative estimate of drug-likeness (QED) is 0.686. The minimum absolute atomic E-state index is 0.0537. The Labute approximate surface area is 168 Å². The van der Waals surface area contributed by atoms with Gasteiger partial charge in [-0.05, 0) is 45.4 Å². The van der Waals surface area contributed by atoms with Crippen LogP contribution in [0.3, 0.4) is 0 Å². The number of carbonyl (C=O) groups excluding carboxylic acids is 2. The molecule has 1 aliphatic rings. The first-order valence-corrected chi connectivity index (χ1v) is 11.2. The van der Waals surface area contributed by atoms with E-state index in [1.807, 2.05) is 0 Å². The highest BCUT2D eigenvalue weighted by molar-refractivity contribution is 7.91. The predicted molar refractivity (Wildman–Crippen MR) is 106 cm³/mol. The SMILES string of the molecule is CCN(C(=O)[C@H](C)OC(=O)c1cc2ccc(F)cc2nc1C)[C@H]1CCS(=O)(=O)C1. The molecule has 2 heterocycles. The second-order valence-corrected chi connectivity index (χ2v) is 9.42. The molecule has 0 saturated carbocycles. The van der Waals surface area contributed by atoms with Gasteiger partial charge in [0, 0.05) is 24.0 Å². The van der Waals surface area contributed by atoms with Crippen LogP contribution in [0.5, 0.6) is 0 Å². The molecule has 9 heteroatoms. The number of hydrogen-bond donors (Lipinski definition) is 0. The van der Waals surface area contributed by atoms with Gasteiger partial charge in [0.05, 0.1) is 28.3 Å². The number of fused-ring (bicyclic) bond motifs is 1. The third-order valence-electron chi connectivity index (χ3n) is 5.09. The summed E-state index contributed by atoms with van der Waals surface area (Å²) < 4.78 is 42.2. The topological polar surface area (TPSA) is 93.6 Å². The van der Waals surface area contributed by atoms with Gasteiger partial charge in [-0.1, -0.05) is 0 Å². The molecule has 1 saturated heterocycles. The summed E-state index contributed by atoms with van der Waals surface area (Å²) in [6.07, 6.45) is -0.693. The van der Waals surface area contributed by atoms with E-state index >= 15 is 0 Å². The molecule has 29 heavy (non-hydrogen) atoms. The maximum Gasteiger partial charge on any atom is 0.340 e. The number of amides is 1. The molecule has 1 fully saturated rings. The Hall–Kier alpha value is -2.55. The zero-order chi connectivity index (χ0) is 21.3. The van der Waals surface area contributed by atoms with E-state index in [1.165, 1.54) is 30.0 Å². The third-order valence-corrected chi connectivity index (χ3v) is 6.85. The number of likely N-dealkylation sites (N-methyl/N-ethyl adjacent to an activating group) is 1. The van der Waals surface area contributed by atoms with E-state index in [-0.39, 0.29) is 17.1 Å². The fourth-order valence-electron chi connectivity index (χ4n) is 3.57. The first kappa shape index (κ1) is 21.2. The van der Waals surface area contributed by atoms with Crippen LogP contribution in [-0.4, -0.2) is 60.4 Å². The van der Waals surface area contributed by atoms with E-state index in [4.69, 9.17) is 4.74 Å². The van der Waals surface area contributed by atoms with Gasteiger partial charge >= 0.3 is 5.97 Å². The summed E-state index contributed by atoms with van der Waals surface area (Å²) in [6.45, 7) is 5.15. The summed E-state index contributed by atoms with van der Waals surface area (Å²) in [4.78, 5) is 31.1. The van der Waals surface area contributed by atoms with Gasteiger partial charge in [0.15, 0.2) is 15.9 Å². The molecule has 0 N–H and O–H groups in total. The van der Waals surface area contributed by atoms with Crippen molar-refractivity contribution >= 4 is 32.6 Å². The minimum atomic E-state index is -3.14. The fraction of sp³-hybridized carbons (Fsp3) is 0.450. The van der Waals surface area contributed by atoms with Gasteiger partial charge in [0.25, 0.3) is 5.91 Å². The first-order valence-electron chi connectivity index (χ1n) is 9.40. The summed E-state index contributed by atoms with van der Waals surface area (Å²) in [5, 5.41) is 0.578. The molecule has 3 rings (SSSR count). The number of esters is 1. The molecular weight excluding hydrogens is 399 g/mol. The monoisotopic (exact) mass is 422 g/mol. The number of aryl methyl sites for hydroxylation is 1.